The van der Waals surface area contributed by atoms with E-state index in [0.29, 0.717) is 5.88 Å². The summed E-state index contributed by atoms with van der Waals surface area (Å²) in [5, 5.41) is 0. The molecule has 1 aromatic rings. The van der Waals surface area contributed by atoms with Crippen LogP contribution in [0, 0.1) is 5.92 Å². The lowest BCUT2D eigenvalue weighted by Gasteiger charge is -2.24. The average molecular weight is 226 g/mol. The summed E-state index contributed by atoms with van der Waals surface area (Å²) >= 11 is 5.70. The fourth-order valence-corrected chi connectivity index (χ4v) is 1.89. The number of pyridine rings is 1. The van der Waals surface area contributed by atoms with E-state index in [1.54, 1.807) is 6.20 Å². The number of aromatic nitrogens is 1. The first-order valence-electron chi connectivity index (χ1n) is 5.52. The lowest BCUT2D eigenvalue weighted by atomic mass is 9.83. The first kappa shape index (κ1) is 10.7. The third kappa shape index (κ3) is 3.10. The van der Waals surface area contributed by atoms with Crippen molar-refractivity contribution in [1.82, 2.24) is 4.98 Å². The van der Waals surface area contributed by atoms with Gasteiger partial charge in [-0.1, -0.05) is 19.3 Å². The van der Waals surface area contributed by atoms with E-state index in [2.05, 4.69) is 4.98 Å². The summed E-state index contributed by atoms with van der Waals surface area (Å²) in [6.45, 7) is 0.816. The van der Waals surface area contributed by atoms with Crippen LogP contribution in [0.5, 0.6) is 5.75 Å². The zero-order chi connectivity index (χ0) is 10.5. The molecule has 1 fully saturated rings. The summed E-state index contributed by atoms with van der Waals surface area (Å²) < 4.78 is 5.66. The molecule has 2 nitrogen and oxygen atoms in total. The van der Waals surface area contributed by atoms with Crippen LogP contribution >= 0.6 is 11.6 Å². The molecule has 0 radical (unpaired) electrons. The normalized spacial score (nSPS) is 16.1. The largest absolute Gasteiger partial charge is 0.493 e. The van der Waals surface area contributed by atoms with Crippen molar-refractivity contribution in [2.45, 2.75) is 31.6 Å². The topological polar surface area (TPSA) is 22.1 Å². The van der Waals surface area contributed by atoms with Gasteiger partial charge in [0.25, 0.3) is 0 Å². The highest BCUT2D eigenvalue weighted by Gasteiger charge is 2.16. The number of alkyl halides is 1. The van der Waals surface area contributed by atoms with Gasteiger partial charge in [-0.3, -0.25) is 4.98 Å². The maximum atomic E-state index is 5.70. The predicted molar refractivity (Wildman–Crippen MR) is 61.2 cm³/mol. The highest BCUT2D eigenvalue weighted by molar-refractivity contribution is 6.16. The Morgan fingerprint density at radius 2 is 2.33 bits per heavy atom. The van der Waals surface area contributed by atoms with Crippen molar-refractivity contribution in [2.24, 2.45) is 5.92 Å². The highest BCUT2D eigenvalue weighted by atomic mass is 35.5. The van der Waals surface area contributed by atoms with Gasteiger partial charge in [-0.05, 0) is 18.4 Å². The Morgan fingerprint density at radius 3 is 3.00 bits per heavy atom. The number of halogens is 1. The van der Waals surface area contributed by atoms with Crippen LogP contribution in [-0.2, 0) is 5.88 Å². The van der Waals surface area contributed by atoms with Crippen molar-refractivity contribution < 1.29 is 4.74 Å². The number of ether oxygens (including phenoxy) is 1. The molecule has 0 N–H and O–H groups in total. The van der Waals surface area contributed by atoms with Crippen molar-refractivity contribution >= 4 is 11.6 Å². The minimum Gasteiger partial charge on any atom is -0.493 e. The van der Waals surface area contributed by atoms with Crippen LogP contribution in [0.2, 0.25) is 0 Å². The van der Waals surface area contributed by atoms with E-state index >= 15 is 0 Å². The van der Waals surface area contributed by atoms with E-state index in [4.69, 9.17) is 16.3 Å². The third-order valence-corrected chi connectivity index (χ3v) is 3.22. The third-order valence-electron chi connectivity index (χ3n) is 2.94. The summed E-state index contributed by atoms with van der Waals surface area (Å²) in [5.41, 5.74) is 0.873. The van der Waals surface area contributed by atoms with Gasteiger partial charge in [0.1, 0.15) is 5.75 Å². The molecule has 0 saturated heterocycles. The fourth-order valence-electron chi connectivity index (χ4n) is 1.74. The van der Waals surface area contributed by atoms with E-state index < -0.39 is 0 Å². The van der Waals surface area contributed by atoms with Gasteiger partial charge in [-0.15, -0.1) is 11.6 Å². The molecule has 0 spiro atoms. The molecule has 0 aliphatic heterocycles. The molecule has 82 valence electrons. The van der Waals surface area contributed by atoms with Crippen LogP contribution < -0.4 is 4.74 Å². The van der Waals surface area contributed by atoms with Crippen molar-refractivity contribution in [3.63, 3.8) is 0 Å². The Labute approximate surface area is 95.6 Å². The van der Waals surface area contributed by atoms with Gasteiger partial charge < -0.3 is 4.74 Å². The van der Waals surface area contributed by atoms with E-state index in [1.165, 1.54) is 25.7 Å². The number of rotatable bonds is 5. The van der Waals surface area contributed by atoms with Gasteiger partial charge in [-0.25, -0.2) is 0 Å². The number of nitrogens with zero attached hydrogens (tertiary/aromatic N) is 1. The Hall–Kier alpha value is -0.760. The molecule has 0 atom stereocenters. The average Bonchev–Trinajstić information content (AvgIpc) is 2.22. The standard InChI is InChI=1S/C12H16ClNO/c13-9-11-8-12(4-6-14-11)15-7-5-10-2-1-3-10/h4,6,8,10H,1-3,5,7,9H2. The second-order valence-corrected chi connectivity index (χ2v) is 4.32. The Bertz CT molecular complexity index is 312. The second-order valence-electron chi connectivity index (χ2n) is 4.05. The van der Waals surface area contributed by atoms with Crippen LogP contribution in [-0.4, -0.2) is 11.6 Å². The van der Waals surface area contributed by atoms with E-state index in [-0.39, 0.29) is 0 Å². The molecule has 1 aliphatic carbocycles. The van der Waals surface area contributed by atoms with Crippen molar-refractivity contribution in [3.8, 4) is 5.75 Å². The fraction of sp³-hybridized carbons (Fsp3) is 0.583. The first-order valence-corrected chi connectivity index (χ1v) is 6.05. The molecule has 0 amide bonds. The van der Waals surface area contributed by atoms with Crippen LogP contribution in [0.4, 0.5) is 0 Å². The zero-order valence-electron chi connectivity index (χ0n) is 8.79. The monoisotopic (exact) mass is 225 g/mol. The lowest BCUT2D eigenvalue weighted by molar-refractivity contribution is 0.222. The lowest BCUT2D eigenvalue weighted by Crippen LogP contribution is -2.14. The quantitative estimate of drug-likeness (QED) is 0.717. The molecule has 0 aromatic carbocycles. The highest BCUT2D eigenvalue weighted by Crippen LogP contribution is 2.29. The van der Waals surface area contributed by atoms with Gasteiger partial charge in [0.05, 0.1) is 18.2 Å². The molecular weight excluding hydrogens is 210 g/mol. The summed E-state index contributed by atoms with van der Waals surface area (Å²) in [4.78, 5) is 4.12. The van der Waals surface area contributed by atoms with Crippen molar-refractivity contribution in [3.05, 3.63) is 24.0 Å². The second kappa shape index (κ2) is 5.36. The Morgan fingerprint density at radius 1 is 1.47 bits per heavy atom. The summed E-state index contributed by atoms with van der Waals surface area (Å²) in [6, 6.07) is 3.80. The molecular formula is C12H16ClNO. The van der Waals surface area contributed by atoms with Gasteiger partial charge in [-0.2, -0.15) is 0 Å². The molecule has 1 saturated carbocycles. The maximum Gasteiger partial charge on any atom is 0.122 e. The summed E-state index contributed by atoms with van der Waals surface area (Å²) in [5.74, 6) is 2.24. The van der Waals surface area contributed by atoms with Crippen LogP contribution in [0.15, 0.2) is 18.3 Å². The number of hydrogen-bond donors (Lipinski definition) is 0. The van der Waals surface area contributed by atoms with E-state index in [0.717, 1.165) is 24.0 Å². The minimum absolute atomic E-state index is 0.444. The van der Waals surface area contributed by atoms with Crippen LogP contribution in [0.1, 0.15) is 31.4 Å². The Balaban J connectivity index is 1.76. The van der Waals surface area contributed by atoms with Crippen molar-refractivity contribution in [2.75, 3.05) is 6.61 Å². The van der Waals surface area contributed by atoms with Gasteiger partial charge in [0.15, 0.2) is 0 Å². The molecule has 3 heteroatoms. The predicted octanol–water partition coefficient (Wildman–Crippen LogP) is 3.39. The van der Waals surface area contributed by atoms with E-state index in [9.17, 15) is 0 Å². The Kier molecular flexibility index (Phi) is 3.84. The van der Waals surface area contributed by atoms with Gasteiger partial charge >= 0.3 is 0 Å². The smallest absolute Gasteiger partial charge is 0.122 e. The van der Waals surface area contributed by atoms with Crippen molar-refractivity contribution in [1.29, 1.82) is 0 Å². The maximum absolute atomic E-state index is 5.70. The molecule has 15 heavy (non-hydrogen) atoms. The molecule has 1 aliphatic rings. The molecule has 1 heterocycles. The first-order chi connectivity index (χ1) is 7.38. The zero-order valence-corrected chi connectivity index (χ0v) is 9.54. The summed E-state index contributed by atoms with van der Waals surface area (Å²) in [6.07, 6.45) is 7.09. The van der Waals surface area contributed by atoms with Crippen LogP contribution in [0.25, 0.3) is 0 Å². The molecule has 1 aromatic heterocycles. The minimum atomic E-state index is 0.444. The molecule has 2 rings (SSSR count). The van der Waals surface area contributed by atoms with E-state index in [1.807, 2.05) is 12.1 Å². The SMILES string of the molecule is ClCc1cc(OCCC2CCC2)ccn1. The molecule has 0 unspecified atom stereocenters. The van der Waals surface area contributed by atoms with Gasteiger partial charge in [0, 0.05) is 12.3 Å². The van der Waals surface area contributed by atoms with Gasteiger partial charge in [0.2, 0.25) is 0 Å². The molecule has 0 bridgehead atoms. The summed E-state index contributed by atoms with van der Waals surface area (Å²) in [7, 11) is 0. The van der Waals surface area contributed by atoms with Crippen LogP contribution in [0.3, 0.4) is 0 Å². The number of hydrogen-bond acceptors (Lipinski definition) is 2.